The molecule has 1 heterocycles. The first-order valence-corrected chi connectivity index (χ1v) is 4.28. The average Bonchev–Trinajstić information content (AvgIpc) is 2.19. The Morgan fingerprint density at radius 2 is 2.38 bits per heavy atom. The predicted molar refractivity (Wildman–Crippen MR) is 49.8 cm³/mol. The number of ether oxygens (including phenoxy) is 1. The van der Waals surface area contributed by atoms with Crippen LogP contribution in [0.25, 0.3) is 0 Å². The van der Waals surface area contributed by atoms with Crippen LogP contribution in [0.4, 0.5) is 0 Å². The Morgan fingerprint density at radius 3 is 3.08 bits per heavy atom. The summed E-state index contributed by atoms with van der Waals surface area (Å²) in [5, 5.41) is 0. The minimum atomic E-state index is 0.608. The lowest BCUT2D eigenvalue weighted by Crippen LogP contribution is -1.90. The van der Waals surface area contributed by atoms with Gasteiger partial charge in [-0.2, -0.15) is 0 Å². The molecule has 70 valence electrons. The van der Waals surface area contributed by atoms with Crippen molar-refractivity contribution >= 4 is 6.29 Å². The summed E-state index contributed by atoms with van der Waals surface area (Å²) in [6.45, 7) is 0. The van der Waals surface area contributed by atoms with Crippen LogP contribution in [0, 0.1) is 0 Å². The van der Waals surface area contributed by atoms with Gasteiger partial charge in [0.05, 0.1) is 13.3 Å². The first-order chi connectivity index (χ1) is 6.36. The van der Waals surface area contributed by atoms with Gasteiger partial charge in [0.25, 0.3) is 0 Å². The molecule has 0 aliphatic carbocycles. The second-order valence-electron chi connectivity index (χ2n) is 2.79. The molecule has 1 aromatic rings. The summed E-state index contributed by atoms with van der Waals surface area (Å²) in [7, 11) is 1.62. The van der Waals surface area contributed by atoms with Crippen molar-refractivity contribution in [3.8, 4) is 5.75 Å². The molecule has 0 spiro atoms. The highest BCUT2D eigenvalue weighted by molar-refractivity contribution is 5.49. The summed E-state index contributed by atoms with van der Waals surface area (Å²) in [5.74, 6) is 0.767. The average molecular weight is 179 g/mol. The van der Waals surface area contributed by atoms with Gasteiger partial charge in [-0.1, -0.05) is 0 Å². The summed E-state index contributed by atoms with van der Waals surface area (Å²) in [5.41, 5.74) is 1.11. The van der Waals surface area contributed by atoms with Gasteiger partial charge in [-0.15, -0.1) is 0 Å². The van der Waals surface area contributed by atoms with Crippen molar-refractivity contribution in [3.05, 3.63) is 24.0 Å². The van der Waals surface area contributed by atoms with Crippen molar-refractivity contribution in [1.82, 2.24) is 4.98 Å². The number of nitrogens with zero attached hydrogens (tertiary/aromatic N) is 1. The number of pyridine rings is 1. The molecule has 0 bridgehead atoms. The molecule has 0 saturated heterocycles. The van der Waals surface area contributed by atoms with E-state index in [0.29, 0.717) is 6.42 Å². The van der Waals surface area contributed by atoms with Gasteiger partial charge in [-0.3, -0.25) is 4.98 Å². The highest BCUT2D eigenvalue weighted by atomic mass is 16.5. The summed E-state index contributed by atoms with van der Waals surface area (Å²) in [6, 6.07) is 1.94. The normalized spacial score (nSPS) is 9.62. The number of unbranched alkanes of at least 4 members (excludes halogenated alkanes) is 1. The number of hydrogen-bond donors (Lipinski definition) is 0. The van der Waals surface area contributed by atoms with Crippen LogP contribution in [-0.2, 0) is 11.2 Å². The molecule has 0 unspecified atom stereocenters. The summed E-state index contributed by atoms with van der Waals surface area (Å²) in [6.07, 6.45) is 6.77. The first-order valence-electron chi connectivity index (χ1n) is 4.28. The Hall–Kier alpha value is -1.38. The van der Waals surface area contributed by atoms with Crippen molar-refractivity contribution in [1.29, 1.82) is 0 Å². The van der Waals surface area contributed by atoms with Crippen LogP contribution >= 0.6 is 0 Å². The third-order valence-electron chi connectivity index (χ3n) is 1.79. The predicted octanol–water partition coefficient (Wildman–Crippen LogP) is 1.61. The van der Waals surface area contributed by atoms with Crippen molar-refractivity contribution in [2.24, 2.45) is 0 Å². The van der Waals surface area contributed by atoms with Crippen molar-refractivity contribution in [2.75, 3.05) is 7.11 Å². The molecule has 0 amide bonds. The van der Waals surface area contributed by atoms with Gasteiger partial charge in [-0.25, -0.2) is 0 Å². The molecule has 0 atom stereocenters. The van der Waals surface area contributed by atoms with Crippen LogP contribution in [0.5, 0.6) is 5.75 Å². The Bertz CT molecular complexity index is 273. The maximum Gasteiger partial charge on any atom is 0.137 e. The van der Waals surface area contributed by atoms with E-state index in [4.69, 9.17) is 4.74 Å². The molecule has 0 N–H and O–H groups in total. The van der Waals surface area contributed by atoms with E-state index in [9.17, 15) is 4.79 Å². The number of methoxy groups -OCH3 is 1. The molecule has 0 aromatic carbocycles. The standard InChI is InChI=1S/C10H13NO2/c1-13-10-6-9(7-11-8-10)4-2-3-5-12/h5-8H,2-4H2,1H3. The fourth-order valence-corrected chi connectivity index (χ4v) is 1.10. The maximum absolute atomic E-state index is 10.1. The van der Waals surface area contributed by atoms with E-state index >= 15 is 0 Å². The van der Waals surface area contributed by atoms with Gasteiger partial charge in [0.2, 0.25) is 0 Å². The fourth-order valence-electron chi connectivity index (χ4n) is 1.10. The number of aldehydes is 1. The molecule has 0 aliphatic rings. The van der Waals surface area contributed by atoms with E-state index in [0.717, 1.165) is 30.4 Å². The molecule has 3 heteroatoms. The quantitative estimate of drug-likeness (QED) is 0.509. The van der Waals surface area contributed by atoms with Gasteiger partial charge < -0.3 is 9.53 Å². The van der Waals surface area contributed by atoms with E-state index < -0.39 is 0 Å². The zero-order chi connectivity index (χ0) is 9.52. The lowest BCUT2D eigenvalue weighted by Gasteiger charge is -2.01. The highest BCUT2D eigenvalue weighted by Crippen LogP contribution is 2.11. The molecular weight excluding hydrogens is 166 g/mol. The molecule has 0 radical (unpaired) electrons. The minimum Gasteiger partial charge on any atom is -0.495 e. The zero-order valence-electron chi connectivity index (χ0n) is 7.69. The van der Waals surface area contributed by atoms with Gasteiger partial charge >= 0.3 is 0 Å². The minimum absolute atomic E-state index is 0.608. The SMILES string of the molecule is COc1cncc(CCCC=O)c1. The molecule has 3 nitrogen and oxygen atoms in total. The Labute approximate surface area is 77.8 Å². The smallest absolute Gasteiger partial charge is 0.137 e. The molecule has 1 rings (SSSR count). The van der Waals surface area contributed by atoms with Gasteiger partial charge in [0.15, 0.2) is 0 Å². The Kier molecular flexibility index (Phi) is 3.96. The van der Waals surface area contributed by atoms with Gasteiger partial charge in [0.1, 0.15) is 12.0 Å². The monoisotopic (exact) mass is 179 g/mol. The van der Waals surface area contributed by atoms with E-state index in [1.807, 2.05) is 6.07 Å². The molecule has 0 aliphatic heterocycles. The van der Waals surface area contributed by atoms with Crippen molar-refractivity contribution < 1.29 is 9.53 Å². The molecule has 0 fully saturated rings. The fraction of sp³-hybridized carbons (Fsp3) is 0.400. The van der Waals surface area contributed by atoms with Gasteiger partial charge in [-0.05, 0) is 24.5 Å². The van der Waals surface area contributed by atoms with E-state index in [-0.39, 0.29) is 0 Å². The molecule has 13 heavy (non-hydrogen) atoms. The number of rotatable bonds is 5. The number of aryl methyl sites for hydroxylation is 1. The van der Waals surface area contributed by atoms with Crippen LogP contribution in [0.1, 0.15) is 18.4 Å². The third kappa shape index (κ3) is 3.23. The van der Waals surface area contributed by atoms with E-state index in [1.165, 1.54) is 0 Å². The number of hydrogen-bond acceptors (Lipinski definition) is 3. The van der Waals surface area contributed by atoms with Crippen LogP contribution < -0.4 is 4.74 Å². The first kappa shape index (κ1) is 9.71. The third-order valence-corrected chi connectivity index (χ3v) is 1.79. The summed E-state index contributed by atoms with van der Waals surface area (Å²) in [4.78, 5) is 14.1. The topological polar surface area (TPSA) is 39.2 Å². The second kappa shape index (κ2) is 5.30. The summed E-state index contributed by atoms with van der Waals surface area (Å²) < 4.78 is 5.03. The lowest BCUT2D eigenvalue weighted by atomic mass is 10.1. The lowest BCUT2D eigenvalue weighted by molar-refractivity contribution is -0.107. The largest absolute Gasteiger partial charge is 0.495 e. The molecule has 0 saturated carbocycles. The van der Waals surface area contributed by atoms with Crippen LogP contribution in [0.2, 0.25) is 0 Å². The second-order valence-corrected chi connectivity index (χ2v) is 2.79. The summed E-state index contributed by atoms with van der Waals surface area (Å²) >= 11 is 0. The highest BCUT2D eigenvalue weighted by Gasteiger charge is 1.96. The van der Waals surface area contributed by atoms with E-state index in [1.54, 1.807) is 19.5 Å². The number of carbonyl (C=O) groups is 1. The Morgan fingerprint density at radius 1 is 1.54 bits per heavy atom. The molecule has 1 aromatic heterocycles. The van der Waals surface area contributed by atoms with Crippen molar-refractivity contribution in [3.63, 3.8) is 0 Å². The Balaban J connectivity index is 2.50. The van der Waals surface area contributed by atoms with Crippen LogP contribution in [0.3, 0.4) is 0 Å². The van der Waals surface area contributed by atoms with Crippen LogP contribution in [-0.4, -0.2) is 18.4 Å². The van der Waals surface area contributed by atoms with Gasteiger partial charge in [0, 0.05) is 12.6 Å². The maximum atomic E-state index is 10.1. The zero-order valence-corrected chi connectivity index (χ0v) is 7.69. The number of aromatic nitrogens is 1. The van der Waals surface area contributed by atoms with E-state index in [2.05, 4.69) is 4.98 Å². The molecular formula is C10H13NO2. The van der Waals surface area contributed by atoms with Crippen molar-refractivity contribution in [2.45, 2.75) is 19.3 Å². The number of carbonyl (C=O) groups excluding carboxylic acids is 1. The van der Waals surface area contributed by atoms with Crippen LogP contribution in [0.15, 0.2) is 18.5 Å².